The molecule has 5 rings (SSSR count). The van der Waals surface area contributed by atoms with E-state index in [1.54, 1.807) is 4.68 Å². The molecule has 2 aromatic heterocycles. The highest BCUT2D eigenvalue weighted by Gasteiger charge is 2.34. The van der Waals surface area contributed by atoms with Gasteiger partial charge in [0.1, 0.15) is 5.82 Å². The first-order valence-corrected chi connectivity index (χ1v) is 10.7. The van der Waals surface area contributed by atoms with Gasteiger partial charge in [-0.3, -0.25) is 4.79 Å². The van der Waals surface area contributed by atoms with Crippen LogP contribution in [-0.4, -0.2) is 20.7 Å². The van der Waals surface area contributed by atoms with Crippen LogP contribution in [0.4, 0.5) is 5.82 Å². The Kier molecular flexibility index (Phi) is 4.26. The molecule has 8 heteroatoms. The van der Waals surface area contributed by atoms with Crippen molar-refractivity contribution in [1.29, 1.82) is 0 Å². The summed E-state index contributed by atoms with van der Waals surface area (Å²) < 4.78 is 3.79. The van der Waals surface area contributed by atoms with Gasteiger partial charge in [0.05, 0.1) is 15.9 Å². The maximum absolute atomic E-state index is 12.5. The molecule has 2 aromatic carbocycles. The number of amides is 1. The van der Waals surface area contributed by atoms with Crippen LogP contribution >= 0.6 is 38.9 Å². The smallest absolute Gasteiger partial charge is 0.226 e. The Bertz CT molecular complexity index is 1250. The molecular weight excluding hydrogens is 460 g/mol. The van der Waals surface area contributed by atoms with E-state index in [9.17, 15) is 4.79 Å². The van der Waals surface area contributed by atoms with Crippen LogP contribution in [0.3, 0.4) is 0 Å². The minimum atomic E-state index is -0.130. The molecule has 1 N–H and O–H groups in total. The molecule has 28 heavy (non-hydrogen) atoms. The molecule has 1 atom stereocenters. The van der Waals surface area contributed by atoms with Crippen molar-refractivity contribution in [2.24, 2.45) is 0 Å². The average molecular weight is 474 g/mol. The highest BCUT2D eigenvalue weighted by atomic mass is 79.9. The van der Waals surface area contributed by atoms with Crippen molar-refractivity contribution < 1.29 is 4.79 Å². The summed E-state index contributed by atoms with van der Waals surface area (Å²) in [5, 5.41) is 9.09. The Hall–Kier alpha value is -2.22. The van der Waals surface area contributed by atoms with E-state index in [-0.39, 0.29) is 11.8 Å². The summed E-state index contributed by atoms with van der Waals surface area (Å²) in [6.07, 6.45) is 0.343. The number of aryl methyl sites for hydroxylation is 1. The van der Waals surface area contributed by atoms with Crippen LogP contribution in [0.15, 0.2) is 46.9 Å². The first-order chi connectivity index (χ1) is 13.5. The van der Waals surface area contributed by atoms with E-state index < -0.39 is 0 Å². The lowest BCUT2D eigenvalue weighted by atomic mass is 9.86. The molecule has 3 heterocycles. The van der Waals surface area contributed by atoms with E-state index in [1.807, 2.05) is 49.4 Å². The van der Waals surface area contributed by atoms with Crippen molar-refractivity contribution in [3.63, 3.8) is 0 Å². The lowest BCUT2D eigenvalue weighted by Crippen LogP contribution is -2.25. The van der Waals surface area contributed by atoms with Crippen molar-refractivity contribution >= 4 is 60.8 Å². The van der Waals surface area contributed by atoms with Crippen molar-refractivity contribution in [2.75, 3.05) is 5.32 Å². The van der Waals surface area contributed by atoms with Gasteiger partial charge in [0.25, 0.3) is 0 Å². The van der Waals surface area contributed by atoms with Crippen molar-refractivity contribution in [2.45, 2.75) is 19.3 Å². The number of hydrogen-bond acceptors (Lipinski definition) is 4. The standard InChI is InChI=1S/C20H14BrClN4OS/c1-10-18-13(12-4-2-3-5-14(12)22)9-17(27)24-19(18)26(25-10)20-23-15-7-6-11(21)8-16(15)28-20/h2-8,13H,9H2,1H3,(H,24,27). The Labute approximate surface area is 178 Å². The van der Waals surface area contributed by atoms with Crippen LogP contribution < -0.4 is 5.32 Å². The third kappa shape index (κ3) is 2.85. The average Bonchev–Trinajstić information content (AvgIpc) is 3.22. The van der Waals surface area contributed by atoms with Crippen molar-refractivity contribution in [3.8, 4) is 5.13 Å². The summed E-state index contributed by atoms with van der Waals surface area (Å²) >= 11 is 11.5. The van der Waals surface area contributed by atoms with Gasteiger partial charge in [-0.05, 0) is 36.8 Å². The largest absolute Gasteiger partial charge is 0.310 e. The fourth-order valence-corrected chi connectivity index (χ4v) is 5.43. The first kappa shape index (κ1) is 17.8. The van der Waals surface area contributed by atoms with Crippen molar-refractivity contribution in [1.82, 2.24) is 14.8 Å². The predicted octanol–water partition coefficient (Wildman–Crippen LogP) is 5.68. The number of benzene rings is 2. The molecule has 1 aliphatic rings. The second-order valence-electron chi connectivity index (χ2n) is 6.69. The van der Waals surface area contributed by atoms with Crippen LogP contribution in [0.25, 0.3) is 15.3 Å². The maximum Gasteiger partial charge on any atom is 0.226 e. The molecule has 0 saturated heterocycles. The first-order valence-electron chi connectivity index (χ1n) is 8.71. The molecule has 0 bridgehead atoms. The molecule has 0 spiro atoms. The molecule has 1 amide bonds. The van der Waals surface area contributed by atoms with Gasteiger partial charge in [0, 0.05) is 27.4 Å². The Balaban J connectivity index is 1.69. The number of rotatable bonds is 2. The number of hydrogen-bond donors (Lipinski definition) is 1. The number of carbonyl (C=O) groups excluding carboxylic acids is 1. The van der Waals surface area contributed by atoms with Crippen LogP contribution in [0, 0.1) is 6.92 Å². The van der Waals surface area contributed by atoms with Crippen molar-refractivity contribution in [3.05, 3.63) is 68.8 Å². The van der Waals surface area contributed by atoms with E-state index in [2.05, 4.69) is 21.2 Å². The third-order valence-corrected chi connectivity index (χ3v) is 6.73. The van der Waals surface area contributed by atoms with Gasteiger partial charge in [-0.1, -0.05) is 57.1 Å². The number of aromatic nitrogens is 3. The monoisotopic (exact) mass is 472 g/mol. The van der Waals surface area contributed by atoms with Gasteiger partial charge in [0.15, 0.2) is 0 Å². The maximum atomic E-state index is 12.5. The summed E-state index contributed by atoms with van der Waals surface area (Å²) in [6.45, 7) is 1.96. The molecule has 5 nitrogen and oxygen atoms in total. The normalized spacial score (nSPS) is 16.2. The number of thiazole rings is 1. The zero-order valence-electron chi connectivity index (χ0n) is 14.7. The van der Waals surface area contributed by atoms with E-state index in [0.29, 0.717) is 17.3 Å². The van der Waals surface area contributed by atoms with Crippen LogP contribution in [0.2, 0.25) is 5.02 Å². The number of fused-ring (bicyclic) bond motifs is 2. The molecule has 4 aromatic rings. The van der Waals surface area contributed by atoms with Crippen LogP contribution in [0.1, 0.15) is 29.2 Å². The number of nitrogens with zero attached hydrogens (tertiary/aromatic N) is 3. The van der Waals surface area contributed by atoms with Gasteiger partial charge in [0.2, 0.25) is 11.0 Å². The number of carbonyl (C=O) groups is 1. The Morgan fingerprint density at radius 1 is 1.29 bits per heavy atom. The lowest BCUT2D eigenvalue weighted by molar-refractivity contribution is -0.116. The summed E-state index contributed by atoms with van der Waals surface area (Å²) in [5.41, 5.74) is 3.69. The summed E-state index contributed by atoms with van der Waals surface area (Å²) in [7, 11) is 0. The SMILES string of the molecule is Cc1nn(-c2nc3ccc(Br)cc3s2)c2c1C(c1ccccc1Cl)CC(=O)N2. The van der Waals surface area contributed by atoms with E-state index >= 15 is 0 Å². The number of anilines is 1. The van der Waals surface area contributed by atoms with Crippen LogP contribution in [0.5, 0.6) is 0 Å². The minimum absolute atomic E-state index is 0.0533. The number of halogens is 2. The summed E-state index contributed by atoms with van der Waals surface area (Å²) in [6, 6.07) is 13.6. The van der Waals surface area contributed by atoms with Gasteiger partial charge in [-0.25, -0.2) is 4.98 Å². The van der Waals surface area contributed by atoms with Gasteiger partial charge >= 0.3 is 0 Å². The molecule has 0 fully saturated rings. The molecule has 0 radical (unpaired) electrons. The van der Waals surface area contributed by atoms with Gasteiger partial charge in [-0.15, -0.1) is 0 Å². The second-order valence-corrected chi connectivity index (χ2v) is 9.03. The highest BCUT2D eigenvalue weighted by Crippen LogP contribution is 2.43. The topological polar surface area (TPSA) is 59.8 Å². The fraction of sp³-hybridized carbons (Fsp3) is 0.150. The van der Waals surface area contributed by atoms with E-state index in [0.717, 1.165) is 36.6 Å². The Morgan fingerprint density at radius 2 is 2.11 bits per heavy atom. The predicted molar refractivity (Wildman–Crippen MR) is 116 cm³/mol. The van der Waals surface area contributed by atoms with E-state index in [4.69, 9.17) is 21.7 Å². The van der Waals surface area contributed by atoms with Crippen LogP contribution in [-0.2, 0) is 4.79 Å². The molecular formula is C20H14BrClN4OS. The Morgan fingerprint density at radius 3 is 2.93 bits per heavy atom. The molecule has 1 unspecified atom stereocenters. The highest BCUT2D eigenvalue weighted by molar-refractivity contribution is 9.10. The summed E-state index contributed by atoms with van der Waals surface area (Å²) in [4.78, 5) is 17.2. The third-order valence-electron chi connectivity index (χ3n) is 4.90. The molecule has 0 aliphatic carbocycles. The van der Waals surface area contributed by atoms with E-state index in [1.165, 1.54) is 11.3 Å². The minimum Gasteiger partial charge on any atom is -0.310 e. The number of nitrogens with one attached hydrogen (secondary N) is 1. The van der Waals surface area contributed by atoms with Gasteiger partial charge in [-0.2, -0.15) is 9.78 Å². The van der Waals surface area contributed by atoms with Gasteiger partial charge < -0.3 is 5.32 Å². The second kappa shape index (κ2) is 6.69. The quantitative estimate of drug-likeness (QED) is 0.407. The lowest BCUT2D eigenvalue weighted by Gasteiger charge is -2.24. The molecule has 0 saturated carbocycles. The summed E-state index contributed by atoms with van der Waals surface area (Å²) in [5.74, 6) is 0.494. The molecule has 1 aliphatic heterocycles. The fourth-order valence-electron chi connectivity index (χ4n) is 3.69. The molecule has 140 valence electrons. The zero-order valence-corrected chi connectivity index (χ0v) is 17.9. The zero-order chi connectivity index (χ0) is 19.4.